The summed E-state index contributed by atoms with van der Waals surface area (Å²) in [5.41, 5.74) is 6.44. The molecule has 1 fully saturated rings. The van der Waals surface area contributed by atoms with E-state index in [0.717, 1.165) is 36.3 Å². The van der Waals surface area contributed by atoms with E-state index in [1.807, 2.05) is 4.90 Å². The number of carbonyl (C=O) groups excluding carboxylic acids is 2. The summed E-state index contributed by atoms with van der Waals surface area (Å²) in [4.78, 5) is 25.6. The number of benzene rings is 1. The van der Waals surface area contributed by atoms with Gasteiger partial charge in [-0.15, -0.1) is 0 Å². The van der Waals surface area contributed by atoms with Crippen molar-refractivity contribution < 1.29 is 22.8 Å². The Balaban J connectivity index is 1.66. The average Bonchev–Trinajstić information content (AvgIpc) is 3.05. The van der Waals surface area contributed by atoms with Crippen molar-refractivity contribution in [3.63, 3.8) is 0 Å². The van der Waals surface area contributed by atoms with Gasteiger partial charge in [0.15, 0.2) is 5.11 Å². The summed E-state index contributed by atoms with van der Waals surface area (Å²) < 4.78 is 38.3. The predicted octanol–water partition coefficient (Wildman–Crippen LogP) is 2.99. The maximum atomic E-state index is 12.8. The van der Waals surface area contributed by atoms with Gasteiger partial charge in [-0.3, -0.25) is 10.2 Å². The summed E-state index contributed by atoms with van der Waals surface area (Å²) in [6.07, 6.45) is -2.02. The molecule has 0 radical (unpaired) electrons. The molecule has 0 atom stereocenters. The van der Waals surface area contributed by atoms with Crippen molar-refractivity contribution in [3.8, 4) is 0 Å². The Morgan fingerprint density at radius 3 is 2.35 bits per heavy atom. The average molecular weight is 453 g/mol. The third-order valence-corrected chi connectivity index (χ3v) is 5.57. The van der Waals surface area contributed by atoms with Crippen LogP contribution in [0.2, 0.25) is 0 Å². The summed E-state index contributed by atoms with van der Waals surface area (Å²) in [5.74, 6) is -0.399. The number of hydrogen-bond donors (Lipinski definition) is 2. The molecule has 0 aliphatic carbocycles. The normalized spacial score (nSPS) is 19.3. The first-order valence-electron chi connectivity index (χ1n) is 9.66. The highest BCUT2D eigenvalue weighted by Crippen LogP contribution is 2.32. The van der Waals surface area contributed by atoms with E-state index < -0.39 is 17.6 Å². The van der Waals surface area contributed by atoms with E-state index in [-0.39, 0.29) is 11.6 Å². The molecule has 0 bridgehead atoms. The minimum atomic E-state index is -4.45. The van der Waals surface area contributed by atoms with Gasteiger partial charge >= 0.3 is 6.18 Å². The van der Waals surface area contributed by atoms with Crippen molar-refractivity contribution in [2.75, 3.05) is 18.1 Å². The van der Waals surface area contributed by atoms with Gasteiger partial charge in [-0.05, 0) is 63.2 Å². The number of halogens is 3. The molecule has 2 aliphatic heterocycles. The molecule has 31 heavy (non-hydrogen) atoms. The predicted molar refractivity (Wildman–Crippen MR) is 114 cm³/mol. The fraction of sp³-hybridized carbons (Fsp3) is 0.400. The molecule has 2 aliphatic rings. The first kappa shape index (κ1) is 22.7. The van der Waals surface area contributed by atoms with Crippen LogP contribution in [0.25, 0.3) is 0 Å². The molecule has 2 heterocycles. The molecule has 1 aromatic rings. The zero-order chi connectivity index (χ0) is 22.8. The number of hydrogen-bond acceptors (Lipinski definition) is 5. The summed E-state index contributed by atoms with van der Waals surface area (Å²) in [5, 5.41) is 5.70. The lowest BCUT2D eigenvalue weighted by Gasteiger charge is -2.32. The molecule has 0 aromatic heterocycles. The van der Waals surface area contributed by atoms with E-state index in [4.69, 9.17) is 12.2 Å². The van der Waals surface area contributed by atoms with Crippen LogP contribution in [0.5, 0.6) is 0 Å². The second-order valence-electron chi connectivity index (χ2n) is 7.36. The van der Waals surface area contributed by atoms with Crippen molar-refractivity contribution in [1.82, 2.24) is 15.8 Å². The number of hydrazine groups is 1. The van der Waals surface area contributed by atoms with Crippen LogP contribution in [0.15, 0.2) is 40.6 Å². The zero-order valence-electron chi connectivity index (χ0n) is 17.0. The van der Waals surface area contributed by atoms with Gasteiger partial charge in [-0.25, -0.2) is 0 Å². The minimum absolute atomic E-state index is 0.0574. The molecule has 3 rings (SSSR count). The maximum Gasteiger partial charge on any atom is 0.416 e. The smallest absolute Gasteiger partial charge is 0.348 e. The summed E-state index contributed by atoms with van der Waals surface area (Å²) in [7, 11) is 0. The number of aldehydes is 1. The molecular formula is C20H22F3N5O2S. The number of nitrogens with zero attached hydrogens (tertiary/aromatic N) is 3. The van der Waals surface area contributed by atoms with E-state index in [9.17, 15) is 22.8 Å². The minimum Gasteiger partial charge on any atom is -0.348 e. The Morgan fingerprint density at radius 2 is 1.81 bits per heavy atom. The lowest BCUT2D eigenvalue weighted by Crippen LogP contribution is -2.49. The van der Waals surface area contributed by atoms with Crippen LogP contribution in [0.1, 0.15) is 32.3 Å². The SMILES string of the molecule is CC1=NN(c2ccc(C(F)(F)F)cc2)C(=O)/C1=C(/C)NNC(=S)N1CCC(C=O)CC1. The lowest BCUT2D eigenvalue weighted by atomic mass is 9.99. The number of piperidine rings is 1. The van der Waals surface area contributed by atoms with Crippen LogP contribution in [0, 0.1) is 5.92 Å². The number of amides is 1. The monoisotopic (exact) mass is 453 g/mol. The van der Waals surface area contributed by atoms with E-state index in [1.165, 1.54) is 12.1 Å². The Morgan fingerprint density at radius 1 is 1.19 bits per heavy atom. The van der Waals surface area contributed by atoms with Crippen LogP contribution >= 0.6 is 12.2 Å². The molecule has 1 saturated heterocycles. The molecule has 0 unspecified atom stereocenters. The third-order valence-electron chi connectivity index (χ3n) is 5.21. The highest BCUT2D eigenvalue weighted by molar-refractivity contribution is 7.80. The number of rotatable bonds is 4. The van der Waals surface area contributed by atoms with Gasteiger partial charge in [0.2, 0.25) is 0 Å². The Bertz CT molecular complexity index is 935. The number of anilines is 1. The van der Waals surface area contributed by atoms with Gasteiger partial charge in [0.05, 0.1) is 22.5 Å². The van der Waals surface area contributed by atoms with E-state index in [2.05, 4.69) is 16.0 Å². The molecule has 0 spiro atoms. The van der Waals surface area contributed by atoms with Crippen molar-refractivity contribution in [2.45, 2.75) is 32.9 Å². The standard InChI is InChI=1S/C20H22F3N5O2S/c1-12(24-25-19(31)27-9-7-14(11-29)8-10-27)17-13(2)26-28(18(17)30)16-5-3-15(4-6-16)20(21,22)23/h3-6,11,14,24H,7-10H2,1-2H3,(H,25,31)/b17-12-. The number of allylic oxidation sites excluding steroid dienone is 1. The highest BCUT2D eigenvalue weighted by atomic mass is 32.1. The van der Waals surface area contributed by atoms with Crippen LogP contribution in [-0.4, -0.2) is 41.0 Å². The van der Waals surface area contributed by atoms with Crippen molar-refractivity contribution in [1.29, 1.82) is 0 Å². The number of thiocarbonyl (C=S) groups is 1. The highest BCUT2D eigenvalue weighted by Gasteiger charge is 2.33. The van der Waals surface area contributed by atoms with Crippen molar-refractivity contribution >= 4 is 40.9 Å². The van der Waals surface area contributed by atoms with Crippen LogP contribution in [0.3, 0.4) is 0 Å². The largest absolute Gasteiger partial charge is 0.416 e. The quantitative estimate of drug-likeness (QED) is 0.316. The van der Waals surface area contributed by atoms with Gasteiger partial charge in [-0.1, -0.05) is 0 Å². The lowest BCUT2D eigenvalue weighted by molar-refractivity contribution is -0.137. The number of hydrazone groups is 1. The molecule has 1 amide bonds. The van der Waals surface area contributed by atoms with E-state index in [1.54, 1.807) is 13.8 Å². The van der Waals surface area contributed by atoms with Gasteiger partial charge in [0.1, 0.15) is 6.29 Å². The van der Waals surface area contributed by atoms with E-state index in [0.29, 0.717) is 35.2 Å². The first-order valence-corrected chi connectivity index (χ1v) is 10.1. The molecule has 11 heteroatoms. The van der Waals surface area contributed by atoms with Crippen molar-refractivity contribution in [3.05, 3.63) is 41.1 Å². The molecule has 7 nitrogen and oxygen atoms in total. The number of carbonyl (C=O) groups is 2. The van der Waals surface area contributed by atoms with Crippen LogP contribution in [-0.2, 0) is 15.8 Å². The van der Waals surface area contributed by atoms with Crippen LogP contribution in [0.4, 0.5) is 18.9 Å². The molecule has 0 saturated carbocycles. The maximum absolute atomic E-state index is 12.8. The van der Waals surface area contributed by atoms with Gasteiger partial charge in [0.25, 0.3) is 5.91 Å². The number of alkyl halides is 3. The Hall–Kier alpha value is -2.95. The van der Waals surface area contributed by atoms with E-state index >= 15 is 0 Å². The second kappa shape index (κ2) is 9.04. The summed E-state index contributed by atoms with van der Waals surface area (Å²) >= 11 is 5.37. The fourth-order valence-electron chi connectivity index (χ4n) is 3.43. The van der Waals surface area contributed by atoms with Crippen LogP contribution < -0.4 is 15.9 Å². The first-order chi connectivity index (χ1) is 14.6. The number of likely N-dealkylation sites (tertiary alicyclic amines) is 1. The fourth-order valence-corrected chi connectivity index (χ4v) is 3.67. The third kappa shape index (κ3) is 5.04. The molecule has 1 aromatic carbocycles. The van der Waals surface area contributed by atoms with Gasteiger partial charge < -0.3 is 15.1 Å². The Kier molecular flexibility index (Phi) is 6.63. The molecule has 166 valence electrons. The van der Waals surface area contributed by atoms with Gasteiger partial charge in [-0.2, -0.15) is 23.3 Å². The number of nitrogens with one attached hydrogen (secondary N) is 2. The Labute approximate surface area is 182 Å². The van der Waals surface area contributed by atoms with Crippen molar-refractivity contribution in [2.24, 2.45) is 11.0 Å². The molecule has 2 N–H and O–H groups in total. The second-order valence-corrected chi connectivity index (χ2v) is 7.75. The summed E-state index contributed by atoms with van der Waals surface area (Å²) in [6, 6.07) is 4.24. The molecular weight excluding hydrogens is 431 g/mol. The topological polar surface area (TPSA) is 77.0 Å². The van der Waals surface area contributed by atoms with Gasteiger partial charge in [0, 0.05) is 24.7 Å². The zero-order valence-corrected chi connectivity index (χ0v) is 17.8. The summed E-state index contributed by atoms with van der Waals surface area (Å²) in [6.45, 7) is 4.64.